The number of benzene rings is 1. The number of hydrogen-bond acceptors (Lipinski definition) is 4. The third-order valence-electron chi connectivity index (χ3n) is 5.80. The maximum Gasteiger partial charge on any atom is 0.226 e. The van der Waals surface area contributed by atoms with E-state index in [0.717, 1.165) is 31.8 Å². The Kier molecular flexibility index (Phi) is 6.10. The highest BCUT2D eigenvalue weighted by molar-refractivity contribution is 7.09. The summed E-state index contributed by atoms with van der Waals surface area (Å²) in [7, 11) is 0. The summed E-state index contributed by atoms with van der Waals surface area (Å²) in [6.45, 7) is 4.51. The normalized spacial score (nSPS) is 23.0. The molecular weight excluding hydrogens is 356 g/mol. The molecule has 0 spiro atoms. The van der Waals surface area contributed by atoms with Gasteiger partial charge in [0.25, 0.3) is 0 Å². The molecule has 2 fully saturated rings. The van der Waals surface area contributed by atoms with E-state index >= 15 is 0 Å². The number of hydrogen-bond donors (Lipinski definition) is 0. The SMILES string of the molecule is O=C(CCOc1ccccc1)N1CC[C@H]2[C@H](CCCN2Cc2cccs2)C1. The number of nitrogens with zero attached hydrogens (tertiary/aromatic N) is 2. The van der Waals surface area contributed by atoms with Crippen LogP contribution < -0.4 is 4.74 Å². The van der Waals surface area contributed by atoms with Gasteiger partial charge >= 0.3 is 0 Å². The maximum atomic E-state index is 12.6. The average Bonchev–Trinajstić information content (AvgIpc) is 3.22. The molecule has 0 bridgehead atoms. The zero-order valence-electron chi connectivity index (χ0n) is 15.8. The van der Waals surface area contributed by atoms with Crippen molar-refractivity contribution in [1.82, 2.24) is 9.80 Å². The molecule has 0 N–H and O–H groups in total. The van der Waals surface area contributed by atoms with E-state index in [2.05, 4.69) is 27.3 Å². The molecule has 0 radical (unpaired) electrons. The van der Waals surface area contributed by atoms with Crippen molar-refractivity contribution < 1.29 is 9.53 Å². The largest absolute Gasteiger partial charge is 0.493 e. The van der Waals surface area contributed by atoms with Crippen LogP contribution in [-0.2, 0) is 11.3 Å². The summed E-state index contributed by atoms with van der Waals surface area (Å²) in [5.41, 5.74) is 0. The van der Waals surface area contributed by atoms with Gasteiger partial charge in [0.05, 0.1) is 13.0 Å². The van der Waals surface area contributed by atoms with Gasteiger partial charge in [-0.2, -0.15) is 0 Å². The van der Waals surface area contributed by atoms with Crippen LogP contribution in [0.1, 0.15) is 30.6 Å². The van der Waals surface area contributed by atoms with E-state index in [1.165, 1.54) is 24.3 Å². The molecule has 0 saturated carbocycles. The van der Waals surface area contributed by atoms with Crippen molar-refractivity contribution in [2.45, 2.75) is 38.3 Å². The number of thiophene rings is 1. The Morgan fingerprint density at radius 3 is 2.81 bits per heavy atom. The van der Waals surface area contributed by atoms with Crippen LogP contribution in [0.2, 0.25) is 0 Å². The van der Waals surface area contributed by atoms with Gasteiger partial charge in [-0.3, -0.25) is 9.69 Å². The summed E-state index contributed by atoms with van der Waals surface area (Å²) >= 11 is 1.85. The standard InChI is InChI=1S/C22H28N2O2S/c25-22(11-14-26-19-7-2-1-3-8-19)24-13-10-21-18(16-24)6-4-12-23(21)17-20-9-5-15-27-20/h1-3,5,7-9,15,18,21H,4,6,10-14,16-17H2/t18-,21+/m1/s1. The first kappa shape index (κ1) is 18.5. The lowest BCUT2D eigenvalue weighted by Gasteiger charge is -2.47. The minimum absolute atomic E-state index is 0.236. The Hall–Kier alpha value is -1.85. The number of rotatable bonds is 6. The van der Waals surface area contributed by atoms with E-state index < -0.39 is 0 Å². The molecule has 2 aromatic rings. The second kappa shape index (κ2) is 8.89. The van der Waals surface area contributed by atoms with Gasteiger partial charge in [-0.1, -0.05) is 24.3 Å². The highest BCUT2D eigenvalue weighted by atomic mass is 32.1. The number of para-hydroxylation sites is 1. The number of carbonyl (C=O) groups excluding carboxylic acids is 1. The molecule has 3 heterocycles. The van der Waals surface area contributed by atoms with E-state index in [1.54, 1.807) is 0 Å². The van der Waals surface area contributed by atoms with E-state index in [1.807, 2.05) is 41.7 Å². The van der Waals surface area contributed by atoms with Crippen LogP contribution in [0.4, 0.5) is 0 Å². The maximum absolute atomic E-state index is 12.6. The van der Waals surface area contributed by atoms with Gasteiger partial charge in [-0.15, -0.1) is 11.3 Å². The Labute approximate surface area is 165 Å². The summed E-state index contributed by atoms with van der Waals surface area (Å²) in [5.74, 6) is 1.69. The Balaban J connectivity index is 1.26. The minimum atomic E-state index is 0.236. The lowest BCUT2D eigenvalue weighted by molar-refractivity contribution is -0.135. The van der Waals surface area contributed by atoms with Crippen molar-refractivity contribution in [2.24, 2.45) is 5.92 Å². The molecule has 0 unspecified atom stereocenters. The van der Waals surface area contributed by atoms with Crippen LogP contribution in [-0.4, -0.2) is 48.0 Å². The van der Waals surface area contributed by atoms with Gasteiger partial charge in [0.15, 0.2) is 0 Å². The second-order valence-electron chi connectivity index (χ2n) is 7.56. The molecule has 4 nitrogen and oxygen atoms in total. The molecule has 1 amide bonds. The first-order valence-corrected chi connectivity index (χ1v) is 10.9. The summed E-state index contributed by atoms with van der Waals surface area (Å²) in [6, 6.07) is 14.7. The highest BCUT2D eigenvalue weighted by Gasteiger charge is 2.37. The second-order valence-corrected chi connectivity index (χ2v) is 8.59. The zero-order valence-corrected chi connectivity index (χ0v) is 16.6. The predicted octanol–water partition coefficient (Wildman–Crippen LogP) is 4.03. The molecule has 4 rings (SSSR count). The molecule has 1 aromatic carbocycles. The molecule has 27 heavy (non-hydrogen) atoms. The fourth-order valence-electron chi connectivity index (χ4n) is 4.46. The topological polar surface area (TPSA) is 32.8 Å². The monoisotopic (exact) mass is 384 g/mol. The molecule has 2 saturated heterocycles. The molecule has 144 valence electrons. The molecule has 1 aromatic heterocycles. The molecular formula is C22H28N2O2S. The van der Waals surface area contributed by atoms with Crippen molar-refractivity contribution >= 4 is 17.2 Å². The number of amides is 1. The van der Waals surface area contributed by atoms with Gasteiger partial charge in [-0.25, -0.2) is 0 Å². The van der Waals surface area contributed by atoms with Gasteiger partial charge in [0.1, 0.15) is 5.75 Å². The van der Waals surface area contributed by atoms with Gasteiger partial charge in [0, 0.05) is 30.6 Å². The number of ether oxygens (including phenoxy) is 1. The van der Waals surface area contributed by atoms with Crippen molar-refractivity contribution in [1.29, 1.82) is 0 Å². The average molecular weight is 385 g/mol. The smallest absolute Gasteiger partial charge is 0.226 e. The first-order valence-electron chi connectivity index (χ1n) is 10.0. The number of likely N-dealkylation sites (tertiary alicyclic amines) is 2. The van der Waals surface area contributed by atoms with Crippen LogP contribution in [0, 0.1) is 5.92 Å². The Bertz CT molecular complexity index is 719. The molecule has 2 aliphatic heterocycles. The number of fused-ring (bicyclic) bond motifs is 1. The van der Waals surface area contributed by atoms with Crippen LogP contribution in [0.3, 0.4) is 0 Å². The van der Waals surface area contributed by atoms with Gasteiger partial charge in [-0.05, 0) is 55.3 Å². The summed E-state index contributed by atoms with van der Waals surface area (Å²) in [4.78, 5) is 18.8. The summed E-state index contributed by atoms with van der Waals surface area (Å²) in [5, 5.41) is 2.16. The van der Waals surface area contributed by atoms with Crippen LogP contribution in [0.15, 0.2) is 47.8 Å². The predicted molar refractivity (Wildman–Crippen MR) is 109 cm³/mol. The Morgan fingerprint density at radius 2 is 2.00 bits per heavy atom. The summed E-state index contributed by atoms with van der Waals surface area (Å²) in [6.07, 6.45) is 4.05. The Morgan fingerprint density at radius 1 is 1.11 bits per heavy atom. The lowest BCUT2D eigenvalue weighted by atomic mass is 9.83. The van der Waals surface area contributed by atoms with E-state index in [-0.39, 0.29) is 5.91 Å². The van der Waals surface area contributed by atoms with Crippen molar-refractivity contribution in [3.63, 3.8) is 0 Å². The van der Waals surface area contributed by atoms with Crippen molar-refractivity contribution in [3.05, 3.63) is 52.7 Å². The lowest BCUT2D eigenvalue weighted by Crippen LogP contribution is -2.54. The van der Waals surface area contributed by atoms with Crippen LogP contribution in [0.25, 0.3) is 0 Å². The summed E-state index contributed by atoms with van der Waals surface area (Å²) < 4.78 is 5.70. The highest BCUT2D eigenvalue weighted by Crippen LogP contribution is 2.32. The molecule has 2 atom stereocenters. The fraction of sp³-hybridized carbons (Fsp3) is 0.500. The number of carbonyl (C=O) groups is 1. The van der Waals surface area contributed by atoms with Crippen molar-refractivity contribution in [2.75, 3.05) is 26.2 Å². The van der Waals surface area contributed by atoms with E-state index in [0.29, 0.717) is 25.0 Å². The van der Waals surface area contributed by atoms with E-state index in [9.17, 15) is 4.79 Å². The molecule has 0 aliphatic carbocycles. The molecule has 2 aliphatic rings. The number of piperidine rings is 2. The quantitative estimate of drug-likeness (QED) is 0.754. The zero-order chi connectivity index (χ0) is 18.5. The third kappa shape index (κ3) is 4.71. The van der Waals surface area contributed by atoms with Gasteiger partial charge in [0.2, 0.25) is 5.91 Å². The van der Waals surface area contributed by atoms with Crippen molar-refractivity contribution in [3.8, 4) is 5.75 Å². The van der Waals surface area contributed by atoms with Crippen LogP contribution in [0.5, 0.6) is 5.75 Å². The van der Waals surface area contributed by atoms with Gasteiger partial charge < -0.3 is 9.64 Å². The third-order valence-corrected chi connectivity index (χ3v) is 6.66. The minimum Gasteiger partial charge on any atom is -0.493 e. The van der Waals surface area contributed by atoms with Crippen LogP contribution >= 0.6 is 11.3 Å². The van der Waals surface area contributed by atoms with E-state index in [4.69, 9.17) is 4.74 Å². The molecule has 5 heteroatoms. The first-order chi connectivity index (χ1) is 13.3. The fourth-order valence-corrected chi connectivity index (χ4v) is 5.19.